The number of benzene rings is 1. The maximum absolute atomic E-state index is 9.82. The molecule has 90 valence electrons. The number of halogens is 2. The van der Waals surface area contributed by atoms with Crippen molar-refractivity contribution in [3.05, 3.63) is 27.7 Å². The van der Waals surface area contributed by atoms with Crippen molar-refractivity contribution in [2.75, 3.05) is 6.54 Å². The van der Waals surface area contributed by atoms with E-state index in [1.54, 1.807) is 12.1 Å². The van der Waals surface area contributed by atoms with E-state index in [0.29, 0.717) is 10.0 Å². The Hall–Kier alpha value is -0.440. The van der Waals surface area contributed by atoms with Crippen molar-refractivity contribution >= 4 is 23.2 Å². The van der Waals surface area contributed by atoms with Crippen LogP contribution >= 0.6 is 23.2 Å². The zero-order valence-corrected chi connectivity index (χ0v) is 11.1. The third-order valence-electron chi connectivity index (χ3n) is 2.51. The molecule has 0 fully saturated rings. The van der Waals surface area contributed by atoms with Crippen molar-refractivity contribution in [1.82, 2.24) is 5.32 Å². The molecule has 16 heavy (non-hydrogen) atoms. The number of hydrogen-bond donors (Lipinski definition) is 2. The molecule has 0 heterocycles. The van der Waals surface area contributed by atoms with Gasteiger partial charge in [-0.25, -0.2) is 0 Å². The van der Waals surface area contributed by atoms with Crippen LogP contribution in [0.25, 0.3) is 0 Å². The predicted octanol–water partition coefficient (Wildman–Crippen LogP) is 4.15. The molecule has 0 bridgehead atoms. The molecule has 4 heteroatoms. The van der Waals surface area contributed by atoms with Crippen LogP contribution in [0, 0.1) is 0 Å². The highest BCUT2D eigenvalue weighted by Crippen LogP contribution is 2.34. The lowest BCUT2D eigenvalue weighted by Crippen LogP contribution is -2.19. The number of phenols is 1. The van der Waals surface area contributed by atoms with E-state index in [-0.39, 0.29) is 11.8 Å². The van der Waals surface area contributed by atoms with Crippen LogP contribution in [0.3, 0.4) is 0 Å². The Morgan fingerprint density at radius 1 is 1.38 bits per heavy atom. The highest BCUT2D eigenvalue weighted by atomic mass is 35.5. The van der Waals surface area contributed by atoms with Gasteiger partial charge in [-0.2, -0.15) is 0 Å². The van der Waals surface area contributed by atoms with Gasteiger partial charge in [0.05, 0.1) is 5.02 Å². The largest absolute Gasteiger partial charge is 0.506 e. The van der Waals surface area contributed by atoms with Gasteiger partial charge in [-0.3, -0.25) is 0 Å². The van der Waals surface area contributed by atoms with Crippen LogP contribution in [-0.4, -0.2) is 11.7 Å². The fourth-order valence-corrected chi connectivity index (χ4v) is 2.03. The fraction of sp³-hybridized carbons (Fsp3) is 0.500. The van der Waals surface area contributed by atoms with E-state index < -0.39 is 0 Å². The second-order valence-electron chi connectivity index (χ2n) is 3.85. The van der Waals surface area contributed by atoms with E-state index in [4.69, 9.17) is 23.2 Å². The molecule has 0 spiro atoms. The first-order valence-electron chi connectivity index (χ1n) is 5.47. The molecule has 0 amide bonds. The Kier molecular flexibility index (Phi) is 5.39. The first-order valence-corrected chi connectivity index (χ1v) is 6.23. The minimum Gasteiger partial charge on any atom is -0.506 e. The second-order valence-corrected chi connectivity index (χ2v) is 4.70. The van der Waals surface area contributed by atoms with Crippen molar-refractivity contribution in [2.24, 2.45) is 0 Å². The molecule has 1 aromatic rings. The molecule has 2 N–H and O–H groups in total. The Bertz CT molecular complexity index is 355. The van der Waals surface area contributed by atoms with Crippen molar-refractivity contribution in [3.63, 3.8) is 0 Å². The van der Waals surface area contributed by atoms with Crippen molar-refractivity contribution in [3.8, 4) is 5.75 Å². The number of rotatable bonds is 5. The summed E-state index contributed by atoms with van der Waals surface area (Å²) >= 11 is 11.8. The van der Waals surface area contributed by atoms with Gasteiger partial charge in [-0.15, -0.1) is 0 Å². The van der Waals surface area contributed by atoms with Gasteiger partial charge in [0, 0.05) is 16.6 Å². The van der Waals surface area contributed by atoms with Crippen LogP contribution in [0.5, 0.6) is 5.75 Å². The quantitative estimate of drug-likeness (QED) is 0.781. The van der Waals surface area contributed by atoms with E-state index in [1.165, 1.54) is 0 Å². The number of aromatic hydroxyl groups is 1. The average molecular weight is 262 g/mol. The fourth-order valence-electron chi connectivity index (χ4n) is 1.52. The highest BCUT2D eigenvalue weighted by Gasteiger charge is 2.13. The van der Waals surface area contributed by atoms with Gasteiger partial charge in [0.25, 0.3) is 0 Å². The van der Waals surface area contributed by atoms with Gasteiger partial charge in [0.1, 0.15) is 5.75 Å². The molecule has 0 radical (unpaired) electrons. The van der Waals surface area contributed by atoms with Gasteiger partial charge in [0.15, 0.2) is 0 Å². The predicted molar refractivity (Wildman–Crippen MR) is 69.5 cm³/mol. The Labute approximate surface area is 107 Å². The number of hydrogen-bond acceptors (Lipinski definition) is 2. The van der Waals surface area contributed by atoms with Crippen LogP contribution in [0.4, 0.5) is 0 Å². The number of unbranched alkanes of at least 4 members (excludes halogenated alkanes) is 1. The van der Waals surface area contributed by atoms with Gasteiger partial charge < -0.3 is 10.4 Å². The Balaban J connectivity index is 2.78. The molecule has 1 rings (SSSR count). The summed E-state index contributed by atoms with van der Waals surface area (Å²) in [4.78, 5) is 0. The van der Waals surface area contributed by atoms with Gasteiger partial charge >= 0.3 is 0 Å². The van der Waals surface area contributed by atoms with E-state index in [1.807, 2.05) is 6.92 Å². The standard InChI is InChI=1S/C12H17Cl2NO/c1-3-4-5-15-8(2)10-6-9(13)7-11(14)12(10)16/h6-8,15-16H,3-5H2,1-2H3. The molecule has 1 atom stereocenters. The summed E-state index contributed by atoms with van der Waals surface area (Å²) in [5.41, 5.74) is 0.744. The van der Waals surface area contributed by atoms with Gasteiger partial charge in [-0.1, -0.05) is 36.5 Å². The molecule has 1 unspecified atom stereocenters. The second kappa shape index (κ2) is 6.33. The summed E-state index contributed by atoms with van der Waals surface area (Å²) in [5.74, 6) is 0.113. The summed E-state index contributed by atoms with van der Waals surface area (Å²) in [5, 5.41) is 14.0. The van der Waals surface area contributed by atoms with Gasteiger partial charge in [-0.05, 0) is 32.0 Å². The summed E-state index contributed by atoms with van der Waals surface area (Å²) in [6.45, 7) is 5.04. The molecule has 0 aliphatic carbocycles. The van der Waals surface area contributed by atoms with Crippen LogP contribution in [-0.2, 0) is 0 Å². The molecule has 0 aliphatic rings. The first-order chi connectivity index (χ1) is 7.56. The Morgan fingerprint density at radius 2 is 2.06 bits per heavy atom. The molecule has 0 saturated carbocycles. The normalized spacial score (nSPS) is 12.8. The molecule has 0 aliphatic heterocycles. The maximum Gasteiger partial charge on any atom is 0.139 e. The van der Waals surface area contributed by atoms with Crippen LogP contribution in [0.2, 0.25) is 10.0 Å². The van der Waals surface area contributed by atoms with Crippen LogP contribution in [0.1, 0.15) is 38.3 Å². The number of phenolic OH excluding ortho intramolecular Hbond substituents is 1. The molecular weight excluding hydrogens is 245 g/mol. The summed E-state index contributed by atoms with van der Waals surface area (Å²) in [7, 11) is 0. The molecule has 2 nitrogen and oxygen atoms in total. The van der Waals surface area contributed by atoms with Crippen LogP contribution in [0.15, 0.2) is 12.1 Å². The minimum atomic E-state index is 0.0442. The van der Waals surface area contributed by atoms with E-state index in [0.717, 1.165) is 24.9 Å². The molecular formula is C12H17Cl2NO. The van der Waals surface area contributed by atoms with E-state index >= 15 is 0 Å². The van der Waals surface area contributed by atoms with Crippen LogP contribution < -0.4 is 5.32 Å². The third-order valence-corrected chi connectivity index (χ3v) is 3.01. The van der Waals surface area contributed by atoms with Gasteiger partial charge in [0.2, 0.25) is 0 Å². The average Bonchev–Trinajstić information content (AvgIpc) is 2.23. The smallest absolute Gasteiger partial charge is 0.139 e. The molecule has 0 aromatic heterocycles. The summed E-state index contributed by atoms with van der Waals surface area (Å²) < 4.78 is 0. The molecule has 1 aromatic carbocycles. The highest BCUT2D eigenvalue weighted by molar-refractivity contribution is 6.35. The maximum atomic E-state index is 9.82. The van der Waals surface area contributed by atoms with Crippen molar-refractivity contribution in [1.29, 1.82) is 0 Å². The lowest BCUT2D eigenvalue weighted by atomic mass is 10.1. The summed E-state index contributed by atoms with van der Waals surface area (Å²) in [6.07, 6.45) is 2.25. The first kappa shape index (κ1) is 13.6. The lowest BCUT2D eigenvalue weighted by molar-refractivity contribution is 0.452. The van der Waals surface area contributed by atoms with E-state index in [2.05, 4.69) is 12.2 Å². The van der Waals surface area contributed by atoms with Crippen molar-refractivity contribution < 1.29 is 5.11 Å². The van der Waals surface area contributed by atoms with Crippen molar-refractivity contribution in [2.45, 2.75) is 32.7 Å². The lowest BCUT2D eigenvalue weighted by Gasteiger charge is -2.16. The SMILES string of the molecule is CCCCNC(C)c1cc(Cl)cc(Cl)c1O. The topological polar surface area (TPSA) is 32.3 Å². The minimum absolute atomic E-state index is 0.0442. The zero-order valence-electron chi connectivity index (χ0n) is 9.56. The Morgan fingerprint density at radius 3 is 2.69 bits per heavy atom. The summed E-state index contributed by atoms with van der Waals surface area (Å²) in [6, 6.07) is 3.33. The molecule has 0 saturated heterocycles. The zero-order chi connectivity index (χ0) is 12.1. The third kappa shape index (κ3) is 3.55. The number of nitrogens with one attached hydrogen (secondary N) is 1. The monoisotopic (exact) mass is 261 g/mol. The van der Waals surface area contributed by atoms with E-state index in [9.17, 15) is 5.11 Å².